The van der Waals surface area contributed by atoms with Crippen molar-refractivity contribution in [3.8, 4) is 0 Å². The predicted octanol–water partition coefficient (Wildman–Crippen LogP) is 3.13. The molecular weight excluding hydrogens is 358 g/mol. The van der Waals surface area contributed by atoms with Crippen LogP contribution in [-0.4, -0.2) is 13.6 Å². The minimum atomic E-state index is -4.19. The van der Waals surface area contributed by atoms with Gasteiger partial charge in [-0.2, -0.15) is 0 Å². The van der Waals surface area contributed by atoms with Gasteiger partial charge in [-0.3, -0.25) is 4.72 Å². The molecule has 0 saturated carbocycles. The molecule has 2 aromatic rings. The van der Waals surface area contributed by atoms with Crippen molar-refractivity contribution in [1.29, 1.82) is 0 Å². The van der Waals surface area contributed by atoms with Crippen LogP contribution in [0.3, 0.4) is 0 Å². The number of hydrogen-bond donors (Lipinski definition) is 1. The summed E-state index contributed by atoms with van der Waals surface area (Å²) >= 11 is 2.91. The van der Waals surface area contributed by atoms with Gasteiger partial charge in [-0.15, -0.1) is 0 Å². The molecule has 0 radical (unpaired) electrons. The lowest BCUT2D eigenvalue weighted by molar-refractivity contribution is 0.390. The van der Waals surface area contributed by atoms with E-state index in [1.807, 2.05) is 4.72 Å². The highest BCUT2D eigenvalue weighted by molar-refractivity contribution is 9.10. The molecule has 1 N–H and O–H groups in total. The molecule has 0 aliphatic heterocycles. The maximum atomic E-state index is 13.6. The van der Waals surface area contributed by atoms with Crippen LogP contribution < -0.4 is 4.72 Å². The largest absolute Gasteiger partial charge is 0.360 e. The Kier molecular flexibility index (Phi) is 3.83. The summed E-state index contributed by atoms with van der Waals surface area (Å²) in [5, 5.41) is 3.49. The van der Waals surface area contributed by atoms with Gasteiger partial charge >= 0.3 is 0 Å². The number of hydrogen-bond acceptors (Lipinski definition) is 4. The molecule has 1 aromatic carbocycles. The van der Waals surface area contributed by atoms with Crippen LogP contribution >= 0.6 is 15.9 Å². The maximum Gasteiger partial charge on any atom is 0.267 e. The van der Waals surface area contributed by atoms with E-state index in [2.05, 4.69) is 21.1 Å². The van der Waals surface area contributed by atoms with Crippen LogP contribution in [0.1, 0.15) is 11.5 Å². The Hall–Kier alpha value is -1.48. The zero-order chi connectivity index (χ0) is 15.1. The Morgan fingerprint density at radius 3 is 2.25 bits per heavy atom. The highest BCUT2D eigenvalue weighted by Gasteiger charge is 2.26. The van der Waals surface area contributed by atoms with Gasteiger partial charge in [-0.05, 0) is 26.0 Å². The molecule has 0 amide bonds. The number of aryl methyl sites for hydroxylation is 2. The van der Waals surface area contributed by atoms with Gasteiger partial charge in [-0.1, -0.05) is 21.1 Å². The van der Waals surface area contributed by atoms with Crippen molar-refractivity contribution in [3.63, 3.8) is 0 Å². The number of anilines is 1. The van der Waals surface area contributed by atoms with Gasteiger partial charge in [0.25, 0.3) is 10.0 Å². The number of aromatic nitrogens is 1. The Balaban J connectivity index is 2.50. The summed E-state index contributed by atoms with van der Waals surface area (Å²) < 4.78 is 58.3. The number of halogens is 3. The number of sulfonamides is 1. The highest BCUT2D eigenvalue weighted by atomic mass is 79.9. The summed E-state index contributed by atoms with van der Waals surface area (Å²) in [6.07, 6.45) is 0. The van der Waals surface area contributed by atoms with Crippen molar-refractivity contribution in [2.45, 2.75) is 18.7 Å². The fourth-order valence-electron chi connectivity index (χ4n) is 1.68. The number of benzene rings is 1. The van der Waals surface area contributed by atoms with Crippen LogP contribution in [0.4, 0.5) is 14.5 Å². The number of nitrogens with zero attached hydrogens (tertiary/aromatic N) is 1. The molecule has 0 atom stereocenters. The Morgan fingerprint density at radius 1 is 1.25 bits per heavy atom. The minimum absolute atomic E-state index is 0.0351. The molecule has 9 heteroatoms. The zero-order valence-electron chi connectivity index (χ0n) is 10.4. The van der Waals surface area contributed by atoms with Crippen LogP contribution in [0.25, 0.3) is 0 Å². The van der Waals surface area contributed by atoms with Crippen molar-refractivity contribution < 1.29 is 21.7 Å². The first-order chi connectivity index (χ1) is 9.22. The molecule has 0 unspecified atom stereocenters. The predicted molar refractivity (Wildman–Crippen MR) is 70.8 cm³/mol. The second-order valence-corrected chi connectivity index (χ2v) is 6.54. The second-order valence-electron chi connectivity index (χ2n) is 4.00. The number of rotatable bonds is 3. The zero-order valence-corrected chi connectivity index (χ0v) is 12.8. The molecule has 0 bridgehead atoms. The van der Waals surface area contributed by atoms with Gasteiger partial charge in [0.1, 0.15) is 11.4 Å². The van der Waals surface area contributed by atoms with Gasteiger partial charge < -0.3 is 4.52 Å². The van der Waals surface area contributed by atoms with Crippen molar-refractivity contribution in [2.24, 2.45) is 0 Å². The van der Waals surface area contributed by atoms with E-state index in [1.165, 1.54) is 13.8 Å². The quantitative estimate of drug-likeness (QED) is 0.905. The topological polar surface area (TPSA) is 72.2 Å². The molecule has 0 saturated heterocycles. The van der Waals surface area contributed by atoms with Crippen molar-refractivity contribution in [3.05, 3.63) is 39.7 Å². The van der Waals surface area contributed by atoms with Crippen LogP contribution in [-0.2, 0) is 10.0 Å². The van der Waals surface area contributed by atoms with Gasteiger partial charge in [0.2, 0.25) is 0 Å². The average Bonchev–Trinajstić information content (AvgIpc) is 2.64. The lowest BCUT2D eigenvalue weighted by Crippen LogP contribution is -2.16. The van der Waals surface area contributed by atoms with Crippen LogP contribution in [0.2, 0.25) is 0 Å². The van der Waals surface area contributed by atoms with E-state index in [0.29, 0.717) is 0 Å². The molecule has 108 valence electrons. The molecule has 1 aromatic heterocycles. The van der Waals surface area contributed by atoms with Crippen molar-refractivity contribution in [2.75, 3.05) is 4.72 Å². The van der Waals surface area contributed by atoms with Crippen molar-refractivity contribution >= 4 is 31.6 Å². The summed E-state index contributed by atoms with van der Waals surface area (Å²) in [6.45, 7) is 2.81. The molecule has 5 nitrogen and oxygen atoms in total. The fraction of sp³-hybridized carbons (Fsp3) is 0.182. The van der Waals surface area contributed by atoms with E-state index in [0.717, 1.165) is 12.1 Å². The summed E-state index contributed by atoms with van der Waals surface area (Å²) in [4.78, 5) is -0.237. The molecule has 0 spiro atoms. The Bertz CT molecular complexity index is 731. The molecule has 1 heterocycles. The molecule has 20 heavy (non-hydrogen) atoms. The first kappa shape index (κ1) is 14.9. The Morgan fingerprint density at radius 2 is 1.80 bits per heavy atom. The molecule has 0 aliphatic carbocycles. The Labute approximate surface area is 122 Å². The third kappa shape index (κ3) is 2.68. The normalized spacial score (nSPS) is 11.7. The third-order valence-electron chi connectivity index (χ3n) is 2.48. The molecule has 0 aliphatic rings. The minimum Gasteiger partial charge on any atom is -0.360 e. The van der Waals surface area contributed by atoms with E-state index >= 15 is 0 Å². The highest BCUT2D eigenvalue weighted by Crippen LogP contribution is 2.28. The SMILES string of the molecule is Cc1noc(C)c1S(=O)(=O)Nc1c(F)cc(Br)cc1F. The van der Waals surface area contributed by atoms with Gasteiger partial charge in [-0.25, -0.2) is 17.2 Å². The lowest BCUT2D eigenvalue weighted by Gasteiger charge is -2.09. The second kappa shape index (κ2) is 5.13. The molecule has 2 rings (SSSR count). The summed E-state index contributed by atoms with van der Waals surface area (Å²) in [6, 6.07) is 1.91. The smallest absolute Gasteiger partial charge is 0.267 e. The first-order valence-corrected chi connectivity index (χ1v) is 7.60. The van der Waals surface area contributed by atoms with Gasteiger partial charge in [0.05, 0.1) is 0 Å². The molecular formula is C11H9BrF2N2O3S. The van der Waals surface area contributed by atoms with E-state index in [9.17, 15) is 17.2 Å². The van der Waals surface area contributed by atoms with Crippen molar-refractivity contribution in [1.82, 2.24) is 5.16 Å². The van der Waals surface area contributed by atoms with Crippen LogP contribution in [0.15, 0.2) is 26.0 Å². The summed E-state index contributed by atoms with van der Waals surface area (Å²) in [7, 11) is -4.19. The first-order valence-electron chi connectivity index (χ1n) is 5.32. The third-order valence-corrected chi connectivity index (χ3v) is 4.53. The lowest BCUT2D eigenvalue weighted by atomic mass is 10.3. The maximum absolute atomic E-state index is 13.6. The van der Waals surface area contributed by atoms with E-state index in [-0.39, 0.29) is 20.8 Å². The van der Waals surface area contributed by atoms with Crippen LogP contribution in [0, 0.1) is 25.5 Å². The molecule has 0 fully saturated rings. The van der Waals surface area contributed by atoms with Crippen LogP contribution in [0.5, 0.6) is 0 Å². The van der Waals surface area contributed by atoms with E-state index < -0.39 is 27.3 Å². The fourth-order valence-corrected chi connectivity index (χ4v) is 3.49. The van der Waals surface area contributed by atoms with Gasteiger partial charge in [0.15, 0.2) is 22.3 Å². The van der Waals surface area contributed by atoms with E-state index in [1.54, 1.807) is 0 Å². The van der Waals surface area contributed by atoms with E-state index in [4.69, 9.17) is 4.52 Å². The monoisotopic (exact) mass is 366 g/mol. The number of nitrogens with one attached hydrogen (secondary N) is 1. The average molecular weight is 367 g/mol. The van der Waals surface area contributed by atoms with Gasteiger partial charge in [0, 0.05) is 4.47 Å². The summed E-state index contributed by atoms with van der Waals surface area (Å²) in [5.74, 6) is -2.03. The summed E-state index contributed by atoms with van der Waals surface area (Å²) in [5.41, 5.74) is -0.652. The standard InChI is InChI=1S/C11H9BrF2N2O3S/c1-5-11(6(2)19-15-5)20(17,18)16-10-8(13)3-7(12)4-9(10)14/h3-4,16H,1-2H3.